The van der Waals surface area contributed by atoms with Crippen LogP contribution in [0.3, 0.4) is 0 Å². The van der Waals surface area contributed by atoms with Gasteiger partial charge in [0.15, 0.2) is 0 Å². The Morgan fingerprint density at radius 1 is 1.18 bits per heavy atom. The molecule has 1 amide bonds. The van der Waals surface area contributed by atoms with Gasteiger partial charge in [0.05, 0.1) is 18.5 Å². The molecule has 6 nitrogen and oxygen atoms in total. The van der Waals surface area contributed by atoms with Crippen LogP contribution in [-0.2, 0) is 14.9 Å². The zero-order chi connectivity index (χ0) is 19.1. The molecule has 1 aromatic carbocycles. The fourth-order valence-electron chi connectivity index (χ4n) is 5.49. The van der Waals surface area contributed by atoms with Gasteiger partial charge in [0.25, 0.3) is 0 Å². The predicted octanol–water partition coefficient (Wildman–Crippen LogP) is 2.13. The smallest absolute Gasteiger partial charge is 0.225 e. The van der Waals surface area contributed by atoms with Crippen molar-refractivity contribution in [1.29, 1.82) is 0 Å². The number of aliphatic hydroxyl groups is 1. The molecular formula is C22H27N3O3. The van der Waals surface area contributed by atoms with Crippen LogP contribution in [-0.4, -0.2) is 57.9 Å². The molecular weight excluding hydrogens is 354 g/mol. The van der Waals surface area contributed by atoms with Crippen molar-refractivity contribution in [2.75, 3.05) is 26.3 Å². The Kier molecular flexibility index (Phi) is 4.48. The van der Waals surface area contributed by atoms with Crippen molar-refractivity contribution in [2.24, 2.45) is 5.92 Å². The molecule has 2 atom stereocenters. The second-order valence-corrected chi connectivity index (χ2v) is 8.35. The Labute approximate surface area is 165 Å². The van der Waals surface area contributed by atoms with Crippen LogP contribution in [0.1, 0.15) is 42.9 Å². The minimum absolute atomic E-state index is 0.0993. The lowest BCUT2D eigenvalue weighted by Gasteiger charge is -2.43. The van der Waals surface area contributed by atoms with Gasteiger partial charge in [-0.3, -0.25) is 4.79 Å². The van der Waals surface area contributed by atoms with Crippen LogP contribution in [0.5, 0.6) is 0 Å². The van der Waals surface area contributed by atoms with Gasteiger partial charge >= 0.3 is 0 Å². The van der Waals surface area contributed by atoms with E-state index in [9.17, 15) is 9.90 Å². The van der Waals surface area contributed by atoms with E-state index in [0.29, 0.717) is 26.3 Å². The quantitative estimate of drug-likeness (QED) is 0.865. The predicted molar refractivity (Wildman–Crippen MR) is 104 cm³/mol. The molecule has 148 valence electrons. The zero-order valence-corrected chi connectivity index (χ0v) is 16.0. The summed E-state index contributed by atoms with van der Waals surface area (Å²) in [6.07, 6.45) is 8.20. The summed E-state index contributed by atoms with van der Waals surface area (Å²) in [7, 11) is 0. The summed E-state index contributed by atoms with van der Waals surface area (Å²) in [6, 6.07) is 8.26. The lowest BCUT2D eigenvalue weighted by Crippen LogP contribution is -2.51. The second-order valence-electron chi connectivity index (χ2n) is 8.35. The average Bonchev–Trinajstić information content (AvgIpc) is 3.35. The third kappa shape index (κ3) is 2.70. The molecule has 28 heavy (non-hydrogen) atoms. The number of amides is 1. The fourth-order valence-corrected chi connectivity index (χ4v) is 5.49. The molecule has 0 bridgehead atoms. The number of rotatable bonds is 2. The first kappa shape index (κ1) is 17.9. The number of nitrogens with zero attached hydrogens (tertiary/aromatic N) is 3. The first-order valence-corrected chi connectivity index (χ1v) is 10.3. The van der Waals surface area contributed by atoms with Gasteiger partial charge < -0.3 is 19.3 Å². The summed E-state index contributed by atoms with van der Waals surface area (Å²) in [5, 5.41) is 11.5. The molecule has 0 unspecified atom stereocenters. The summed E-state index contributed by atoms with van der Waals surface area (Å²) in [6.45, 7) is 2.79. The number of hydrogen-bond donors (Lipinski definition) is 1. The van der Waals surface area contributed by atoms with Crippen molar-refractivity contribution < 1.29 is 14.6 Å². The highest BCUT2D eigenvalue weighted by molar-refractivity contribution is 5.79. The fraction of sp³-hybridized carbons (Fsp3) is 0.545. The third-order valence-corrected chi connectivity index (χ3v) is 7.07. The van der Waals surface area contributed by atoms with Crippen molar-refractivity contribution in [2.45, 2.75) is 43.2 Å². The maximum Gasteiger partial charge on any atom is 0.225 e. The summed E-state index contributed by atoms with van der Waals surface area (Å²) in [4.78, 5) is 19.1. The summed E-state index contributed by atoms with van der Waals surface area (Å²) < 4.78 is 7.41. The van der Waals surface area contributed by atoms with Crippen molar-refractivity contribution in [3.05, 3.63) is 54.1 Å². The summed E-state index contributed by atoms with van der Waals surface area (Å²) >= 11 is 0. The molecule has 5 rings (SSSR count). The van der Waals surface area contributed by atoms with E-state index < -0.39 is 6.10 Å². The second kappa shape index (κ2) is 7.01. The van der Waals surface area contributed by atoms with Crippen molar-refractivity contribution >= 4 is 5.91 Å². The zero-order valence-electron chi connectivity index (χ0n) is 16.0. The Morgan fingerprint density at radius 2 is 1.93 bits per heavy atom. The minimum atomic E-state index is -0.514. The molecule has 1 aromatic heterocycles. The number of aliphatic hydroxyl groups excluding tert-OH is 1. The minimum Gasteiger partial charge on any atom is -0.390 e. The Hall–Kier alpha value is -2.18. The molecule has 3 heterocycles. The first-order valence-electron chi connectivity index (χ1n) is 10.3. The lowest BCUT2D eigenvalue weighted by molar-refractivity contribution is -0.141. The number of carbonyl (C=O) groups excluding carboxylic acids is 1. The molecule has 1 aliphatic carbocycles. The largest absolute Gasteiger partial charge is 0.390 e. The number of likely N-dealkylation sites (tertiary alicyclic amines) is 1. The molecule has 6 heteroatoms. The molecule has 0 radical (unpaired) electrons. The molecule has 1 spiro atoms. The number of aromatic nitrogens is 2. The number of imidazole rings is 1. The van der Waals surface area contributed by atoms with Crippen molar-refractivity contribution in [3.63, 3.8) is 0 Å². The Balaban J connectivity index is 1.40. The molecule has 0 saturated carbocycles. The van der Waals surface area contributed by atoms with Crippen LogP contribution in [0, 0.1) is 5.92 Å². The van der Waals surface area contributed by atoms with E-state index >= 15 is 0 Å². The van der Waals surface area contributed by atoms with Crippen LogP contribution in [0.2, 0.25) is 0 Å². The first-order chi connectivity index (χ1) is 13.7. The van der Waals surface area contributed by atoms with Gasteiger partial charge in [-0.25, -0.2) is 4.98 Å². The standard InChI is InChI=1S/C22H27N3O3/c26-20-19(25-12-9-23-15-25)17-3-1-2-4-18(17)22(20)7-10-24(11-8-22)21(27)16-5-13-28-14-6-16/h1-4,9,12,15-16,19-20,26H,5-8,10-11,13-14H2/t19-,20+/m0/s1. The molecule has 2 fully saturated rings. The Morgan fingerprint density at radius 3 is 2.64 bits per heavy atom. The summed E-state index contributed by atoms with van der Waals surface area (Å²) in [5.41, 5.74) is 2.12. The van der Waals surface area contributed by atoms with Gasteiger partial charge in [-0.05, 0) is 36.8 Å². The van der Waals surface area contributed by atoms with E-state index in [4.69, 9.17) is 4.74 Å². The van der Waals surface area contributed by atoms with Crippen LogP contribution >= 0.6 is 0 Å². The molecule has 2 aromatic rings. The molecule has 1 N–H and O–H groups in total. The summed E-state index contributed by atoms with van der Waals surface area (Å²) in [5.74, 6) is 0.368. The van der Waals surface area contributed by atoms with Gasteiger partial charge in [-0.15, -0.1) is 0 Å². The number of ether oxygens (including phenoxy) is 1. The van der Waals surface area contributed by atoms with E-state index in [2.05, 4.69) is 23.2 Å². The highest BCUT2D eigenvalue weighted by atomic mass is 16.5. The highest BCUT2D eigenvalue weighted by Gasteiger charge is 2.53. The van der Waals surface area contributed by atoms with Gasteiger partial charge in [0.1, 0.15) is 0 Å². The monoisotopic (exact) mass is 381 g/mol. The highest BCUT2D eigenvalue weighted by Crippen LogP contribution is 2.52. The van der Waals surface area contributed by atoms with Crippen LogP contribution in [0.4, 0.5) is 0 Å². The molecule has 2 saturated heterocycles. The topological polar surface area (TPSA) is 67.6 Å². The normalized spacial score (nSPS) is 27.1. The number of carbonyl (C=O) groups is 1. The van der Waals surface area contributed by atoms with E-state index in [-0.39, 0.29) is 23.3 Å². The SMILES string of the molecule is O=C(C1CCOCC1)N1CCC2(CC1)c1ccccc1[C@H](n1ccnc1)[C@H]2O. The Bertz CT molecular complexity index is 836. The van der Waals surface area contributed by atoms with E-state index in [1.54, 1.807) is 12.5 Å². The van der Waals surface area contributed by atoms with Gasteiger partial charge in [-0.1, -0.05) is 24.3 Å². The third-order valence-electron chi connectivity index (χ3n) is 7.07. The number of hydrogen-bond acceptors (Lipinski definition) is 4. The average molecular weight is 381 g/mol. The van der Waals surface area contributed by atoms with Crippen molar-refractivity contribution in [1.82, 2.24) is 14.5 Å². The van der Waals surface area contributed by atoms with E-state index in [1.807, 2.05) is 21.7 Å². The molecule has 3 aliphatic rings. The molecule has 2 aliphatic heterocycles. The number of piperidine rings is 1. The maximum atomic E-state index is 12.9. The number of benzene rings is 1. The van der Waals surface area contributed by atoms with E-state index in [1.165, 1.54) is 11.1 Å². The van der Waals surface area contributed by atoms with Gasteiger partial charge in [0.2, 0.25) is 5.91 Å². The van der Waals surface area contributed by atoms with E-state index in [0.717, 1.165) is 25.7 Å². The van der Waals surface area contributed by atoms with Crippen molar-refractivity contribution in [3.8, 4) is 0 Å². The van der Waals surface area contributed by atoms with Crippen LogP contribution < -0.4 is 0 Å². The van der Waals surface area contributed by atoms with Crippen LogP contribution in [0.25, 0.3) is 0 Å². The maximum absolute atomic E-state index is 12.9. The number of fused-ring (bicyclic) bond motifs is 2. The van der Waals surface area contributed by atoms with Gasteiger partial charge in [0, 0.05) is 50.0 Å². The lowest BCUT2D eigenvalue weighted by atomic mass is 9.71. The van der Waals surface area contributed by atoms with Crippen LogP contribution in [0.15, 0.2) is 43.0 Å². The van der Waals surface area contributed by atoms with Gasteiger partial charge in [-0.2, -0.15) is 0 Å².